The molecule has 1 amide bonds. The molecule has 98 valence electrons. The lowest BCUT2D eigenvalue weighted by molar-refractivity contribution is 0.0910. The molecule has 1 heterocycles. The summed E-state index contributed by atoms with van der Waals surface area (Å²) in [6.07, 6.45) is 6.64. The molecule has 0 radical (unpaired) electrons. The van der Waals surface area contributed by atoms with Crippen molar-refractivity contribution in [3.63, 3.8) is 0 Å². The van der Waals surface area contributed by atoms with Crippen LogP contribution in [0.25, 0.3) is 0 Å². The van der Waals surface area contributed by atoms with E-state index in [1.807, 2.05) is 0 Å². The summed E-state index contributed by atoms with van der Waals surface area (Å²) in [5, 5.41) is 3.11. The van der Waals surface area contributed by atoms with E-state index in [1.54, 1.807) is 18.5 Å². The van der Waals surface area contributed by atoms with Gasteiger partial charge in [-0.25, -0.2) is 0 Å². The molecule has 1 aliphatic carbocycles. The lowest BCUT2D eigenvalue weighted by atomic mass is 9.79. The van der Waals surface area contributed by atoms with E-state index in [-0.39, 0.29) is 5.91 Å². The number of carbonyl (C=O) groups excluding carboxylic acids is 1. The monoisotopic (exact) mass is 310 g/mol. The van der Waals surface area contributed by atoms with E-state index in [0.29, 0.717) is 17.5 Å². The number of hydrogen-bond acceptors (Lipinski definition) is 2. The third-order valence-electron chi connectivity index (χ3n) is 3.90. The van der Waals surface area contributed by atoms with Crippen LogP contribution in [0.15, 0.2) is 22.9 Å². The summed E-state index contributed by atoms with van der Waals surface area (Å²) < 4.78 is 0.834. The highest BCUT2D eigenvalue weighted by atomic mass is 79.9. The van der Waals surface area contributed by atoms with E-state index in [0.717, 1.165) is 23.2 Å². The number of pyridine rings is 1. The van der Waals surface area contributed by atoms with Gasteiger partial charge in [0.1, 0.15) is 0 Å². The zero-order valence-corrected chi connectivity index (χ0v) is 12.4. The topological polar surface area (TPSA) is 42.0 Å². The fourth-order valence-electron chi connectivity index (χ4n) is 2.48. The molecule has 1 aromatic rings. The van der Waals surface area contributed by atoms with E-state index < -0.39 is 0 Å². The molecule has 0 saturated heterocycles. The molecule has 1 saturated carbocycles. The Bertz CT molecular complexity index is 436. The van der Waals surface area contributed by atoms with E-state index in [2.05, 4.69) is 40.1 Å². The van der Waals surface area contributed by atoms with Gasteiger partial charge < -0.3 is 5.32 Å². The van der Waals surface area contributed by atoms with E-state index in [9.17, 15) is 4.79 Å². The van der Waals surface area contributed by atoms with Gasteiger partial charge in [-0.15, -0.1) is 0 Å². The van der Waals surface area contributed by atoms with Gasteiger partial charge >= 0.3 is 0 Å². The molecular formula is C14H19BrN2O. The standard InChI is InChI=1S/C14H19BrN2O/c1-9-3-4-13(5-10(9)2)17-14(18)11-6-12(15)8-16-7-11/h6-10,13H,3-5H2,1-2H3,(H,17,18). The van der Waals surface area contributed by atoms with Crippen molar-refractivity contribution in [3.05, 3.63) is 28.5 Å². The number of rotatable bonds is 2. The molecule has 18 heavy (non-hydrogen) atoms. The second kappa shape index (κ2) is 5.83. The summed E-state index contributed by atoms with van der Waals surface area (Å²) in [6.45, 7) is 4.56. The van der Waals surface area contributed by atoms with Gasteiger partial charge in [-0.05, 0) is 53.1 Å². The number of hydrogen-bond donors (Lipinski definition) is 1. The van der Waals surface area contributed by atoms with Crippen LogP contribution in [0.2, 0.25) is 0 Å². The van der Waals surface area contributed by atoms with Crippen molar-refractivity contribution >= 4 is 21.8 Å². The van der Waals surface area contributed by atoms with Crippen LogP contribution in [0.5, 0.6) is 0 Å². The number of aromatic nitrogens is 1. The molecule has 4 heteroatoms. The summed E-state index contributed by atoms with van der Waals surface area (Å²) >= 11 is 3.33. The second-order valence-corrected chi connectivity index (χ2v) is 6.25. The molecule has 0 aromatic carbocycles. The SMILES string of the molecule is CC1CCC(NC(=O)c2cncc(Br)c2)CC1C. The largest absolute Gasteiger partial charge is 0.349 e. The molecule has 1 aliphatic rings. The van der Waals surface area contributed by atoms with Crippen molar-refractivity contribution in [2.24, 2.45) is 11.8 Å². The van der Waals surface area contributed by atoms with Crippen molar-refractivity contribution in [3.8, 4) is 0 Å². The molecule has 3 atom stereocenters. The first-order chi connectivity index (χ1) is 8.56. The van der Waals surface area contributed by atoms with Crippen LogP contribution in [0.3, 0.4) is 0 Å². The fourth-order valence-corrected chi connectivity index (χ4v) is 2.85. The number of nitrogens with one attached hydrogen (secondary N) is 1. The van der Waals surface area contributed by atoms with Crippen LogP contribution >= 0.6 is 15.9 Å². The number of halogens is 1. The summed E-state index contributed by atoms with van der Waals surface area (Å²) in [7, 11) is 0. The average Bonchev–Trinajstić information content (AvgIpc) is 2.34. The molecule has 1 N–H and O–H groups in total. The molecule has 1 fully saturated rings. The Hall–Kier alpha value is -0.900. The molecular weight excluding hydrogens is 292 g/mol. The summed E-state index contributed by atoms with van der Waals surface area (Å²) in [5.41, 5.74) is 0.621. The first-order valence-corrected chi connectivity index (χ1v) is 7.27. The Morgan fingerprint density at radius 2 is 2.11 bits per heavy atom. The van der Waals surface area contributed by atoms with Crippen molar-refractivity contribution in [1.29, 1.82) is 0 Å². The molecule has 3 unspecified atom stereocenters. The van der Waals surface area contributed by atoms with Gasteiger partial charge in [0, 0.05) is 22.9 Å². The van der Waals surface area contributed by atoms with Crippen LogP contribution in [0.4, 0.5) is 0 Å². The van der Waals surface area contributed by atoms with Gasteiger partial charge in [-0.1, -0.05) is 13.8 Å². The Kier molecular flexibility index (Phi) is 4.38. The summed E-state index contributed by atoms with van der Waals surface area (Å²) in [6, 6.07) is 2.11. The van der Waals surface area contributed by atoms with Crippen LogP contribution < -0.4 is 5.32 Å². The summed E-state index contributed by atoms with van der Waals surface area (Å²) in [5.74, 6) is 1.44. The molecule has 1 aromatic heterocycles. The van der Waals surface area contributed by atoms with Gasteiger partial charge in [0.2, 0.25) is 0 Å². The normalized spacial score (nSPS) is 27.8. The van der Waals surface area contributed by atoms with Crippen molar-refractivity contribution < 1.29 is 4.79 Å². The number of carbonyl (C=O) groups is 1. The Morgan fingerprint density at radius 3 is 2.78 bits per heavy atom. The highest BCUT2D eigenvalue weighted by Crippen LogP contribution is 2.29. The Labute approximate surface area is 117 Å². The van der Waals surface area contributed by atoms with E-state index >= 15 is 0 Å². The summed E-state index contributed by atoms with van der Waals surface area (Å²) in [4.78, 5) is 16.1. The smallest absolute Gasteiger partial charge is 0.253 e. The van der Waals surface area contributed by atoms with Gasteiger partial charge in [0.25, 0.3) is 5.91 Å². The quantitative estimate of drug-likeness (QED) is 0.909. The van der Waals surface area contributed by atoms with Crippen molar-refractivity contribution in [1.82, 2.24) is 10.3 Å². The number of amides is 1. The predicted molar refractivity (Wildman–Crippen MR) is 75.4 cm³/mol. The lowest BCUT2D eigenvalue weighted by Crippen LogP contribution is -2.39. The maximum atomic E-state index is 12.1. The second-order valence-electron chi connectivity index (χ2n) is 5.33. The van der Waals surface area contributed by atoms with Gasteiger partial charge in [0.15, 0.2) is 0 Å². The van der Waals surface area contributed by atoms with Crippen molar-refractivity contribution in [2.75, 3.05) is 0 Å². The minimum Gasteiger partial charge on any atom is -0.349 e. The third kappa shape index (κ3) is 3.31. The van der Waals surface area contributed by atoms with E-state index in [1.165, 1.54) is 6.42 Å². The van der Waals surface area contributed by atoms with Crippen LogP contribution in [-0.2, 0) is 0 Å². The molecule has 2 rings (SSSR count). The zero-order valence-electron chi connectivity index (χ0n) is 10.8. The third-order valence-corrected chi connectivity index (χ3v) is 4.33. The highest BCUT2D eigenvalue weighted by Gasteiger charge is 2.25. The minimum absolute atomic E-state index is 0.0180. The molecule has 0 spiro atoms. The average molecular weight is 311 g/mol. The lowest BCUT2D eigenvalue weighted by Gasteiger charge is -2.32. The fraction of sp³-hybridized carbons (Fsp3) is 0.571. The van der Waals surface area contributed by atoms with Gasteiger partial charge in [-0.2, -0.15) is 0 Å². The first kappa shape index (κ1) is 13.5. The van der Waals surface area contributed by atoms with E-state index in [4.69, 9.17) is 0 Å². The number of nitrogens with zero attached hydrogens (tertiary/aromatic N) is 1. The maximum absolute atomic E-state index is 12.1. The van der Waals surface area contributed by atoms with Crippen LogP contribution in [-0.4, -0.2) is 16.9 Å². The van der Waals surface area contributed by atoms with Crippen LogP contribution in [0.1, 0.15) is 43.5 Å². The molecule has 3 nitrogen and oxygen atoms in total. The first-order valence-electron chi connectivity index (χ1n) is 6.47. The minimum atomic E-state index is -0.0180. The zero-order chi connectivity index (χ0) is 13.1. The predicted octanol–water partition coefficient (Wildman–Crippen LogP) is 3.40. The highest BCUT2D eigenvalue weighted by molar-refractivity contribution is 9.10. The van der Waals surface area contributed by atoms with Crippen molar-refractivity contribution in [2.45, 2.75) is 39.2 Å². The molecule has 0 bridgehead atoms. The maximum Gasteiger partial charge on any atom is 0.253 e. The van der Waals surface area contributed by atoms with Gasteiger partial charge in [0.05, 0.1) is 5.56 Å². The van der Waals surface area contributed by atoms with Gasteiger partial charge in [-0.3, -0.25) is 9.78 Å². The Balaban J connectivity index is 1.96. The van der Waals surface area contributed by atoms with Crippen LogP contribution in [0, 0.1) is 11.8 Å². The Morgan fingerprint density at radius 1 is 1.33 bits per heavy atom. The molecule has 0 aliphatic heterocycles.